The molecule has 3 aromatic rings. The van der Waals surface area contributed by atoms with Crippen LogP contribution in [-0.2, 0) is 11.2 Å². The van der Waals surface area contributed by atoms with Gasteiger partial charge in [0.25, 0.3) is 0 Å². The normalized spacial score (nSPS) is 17.1. The molecule has 1 fully saturated rings. The van der Waals surface area contributed by atoms with E-state index >= 15 is 0 Å². The lowest BCUT2D eigenvalue weighted by molar-refractivity contribution is -0.131. The number of likely N-dealkylation sites (tertiary alicyclic amines) is 1. The second-order valence-electron chi connectivity index (χ2n) is 7.11. The van der Waals surface area contributed by atoms with Gasteiger partial charge in [0.1, 0.15) is 11.6 Å². The van der Waals surface area contributed by atoms with Crippen molar-refractivity contribution in [2.75, 3.05) is 13.1 Å². The predicted octanol–water partition coefficient (Wildman–Crippen LogP) is 3.52. The number of aromatic nitrogens is 3. The Morgan fingerprint density at radius 3 is 2.78 bits per heavy atom. The number of piperidine rings is 1. The van der Waals surface area contributed by atoms with E-state index in [1.54, 1.807) is 6.20 Å². The first kappa shape index (κ1) is 17.5. The van der Waals surface area contributed by atoms with Gasteiger partial charge in [0, 0.05) is 37.1 Å². The number of amides is 1. The first-order chi connectivity index (χ1) is 13.2. The van der Waals surface area contributed by atoms with E-state index in [0.717, 1.165) is 48.8 Å². The molecule has 2 aromatic heterocycles. The largest absolute Gasteiger partial charge is 0.342 e. The van der Waals surface area contributed by atoms with Gasteiger partial charge >= 0.3 is 0 Å². The number of carbonyl (C=O) groups is 1. The van der Waals surface area contributed by atoms with Crippen LogP contribution in [0.2, 0.25) is 0 Å². The predicted molar refractivity (Wildman–Crippen MR) is 105 cm³/mol. The molecule has 4 rings (SSSR count). The van der Waals surface area contributed by atoms with Gasteiger partial charge in [0.15, 0.2) is 0 Å². The van der Waals surface area contributed by atoms with Crippen LogP contribution in [0.1, 0.15) is 35.8 Å². The van der Waals surface area contributed by atoms with Gasteiger partial charge in [-0.2, -0.15) is 0 Å². The lowest BCUT2D eigenvalue weighted by Crippen LogP contribution is -2.40. The molecule has 0 N–H and O–H groups in total. The summed E-state index contributed by atoms with van der Waals surface area (Å²) in [5.41, 5.74) is 2.12. The Morgan fingerprint density at radius 1 is 1.15 bits per heavy atom. The van der Waals surface area contributed by atoms with Gasteiger partial charge in [-0.25, -0.2) is 9.97 Å². The monoisotopic (exact) mass is 360 g/mol. The summed E-state index contributed by atoms with van der Waals surface area (Å²) in [4.78, 5) is 23.9. The number of carbonyl (C=O) groups excluding carboxylic acids is 1. The smallest absolute Gasteiger partial charge is 0.227 e. The van der Waals surface area contributed by atoms with E-state index in [-0.39, 0.29) is 11.8 Å². The fourth-order valence-electron chi connectivity index (χ4n) is 3.75. The van der Waals surface area contributed by atoms with Crippen LogP contribution in [-0.4, -0.2) is 38.4 Å². The zero-order valence-corrected chi connectivity index (χ0v) is 15.6. The number of hydrogen-bond donors (Lipinski definition) is 0. The first-order valence-corrected chi connectivity index (χ1v) is 9.49. The Hall–Kier alpha value is -2.95. The number of nitrogens with zero attached hydrogens (tertiary/aromatic N) is 4. The second-order valence-corrected chi connectivity index (χ2v) is 7.11. The third kappa shape index (κ3) is 3.92. The fourth-order valence-corrected chi connectivity index (χ4v) is 3.75. The summed E-state index contributed by atoms with van der Waals surface area (Å²) in [7, 11) is 0. The highest BCUT2D eigenvalue weighted by atomic mass is 16.2. The second kappa shape index (κ2) is 7.74. The third-order valence-electron chi connectivity index (χ3n) is 5.22. The molecule has 1 unspecified atom stereocenters. The van der Waals surface area contributed by atoms with Gasteiger partial charge in [0.2, 0.25) is 5.91 Å². The molecule has 27 heavy (non-hydrogen) atoms. The molecular weight excluding hydrogens is 336 g/mol. The first-order valence-electron chi connectivity index (χ1n) is 9.49. The molecule has 1 aliphatic heterocycles. The van der Waals surface area contributed by atoms with Crippen molar-refractivity contribution in [3.05, 3.63) is 78.0 Å². The Bertz CT molecular complexity index is 919. The molecule has 0 saturated carbocycles. The van der Waals surface area contributed by atoms with Crippen LogP contribution >= 0.6 is 0 Å². The highest BCUT2D eigenvalue weighted by molar-refractivity contribution is 5.79. The van der Waals surface area contributed by atoms with Gasteiger partial charge in [-0.05, 0) is 37.5 Å². The van der Waals surface area contributed by atoms with Gasteiger partial charge < -0.3 is 4.90 Å². The maximum atomic E-state index is 12.7. The number of imidazole rings is 1. The van der Waals surface area contributed by atoms with Crippen LogP contribution in [0.15, 0.2) is 60.9 Å². The Labute approximate surface area is 159 Å². The molecule has 0 bridgehead atoms. The zero-order valence-electron chi connectivity index (χ0n) is 15.6. The molecule has 138 valence electrons. The maximum absolute atomic E-state index is 12.7. The SMILES string of the molecule is Cc1nccn1-c1cccc(C2CCCN(C(=O)Cc3ccccc3)C2)n1. The number of aryl methyl sites for hydroxylation is 1. The van der Waals surface area contributed by atoms with E-state index in [9.17, 15) is 4.79 Å². The highest BCUT2D eigenvalue weighted by Gasteiger charge is 2.25. The Balaban J connectivity index is 1.48. The van der Waals surface area contributed by atoms with Gasteiger partial charge in [-0.15, -0.1) is 0 Å². The minimum atomic E-state index is 0.201. The number of pyridine rings is 1. The Kier molecular flexibility index (Phi) is 5.01. The van der Waals surface area contributed by atoms with Crippen molar-refractivity contribution in [3.8, 4) is 5.82 Å². The minimum absolute atomic E-state index is 0.201. The quantitative estimate of drug-likeness (QED) is 0.715. The van der Waals surface area contributed by atoms with E-state index < -0.39 is 0 Å². The highest BCUT2D eigenvalue weighted by Crippen LogP contribution is 2.27. The molecule has 1 atom stereocenters. The summed E-state index contributed by atoms with van der Waals surface area (Å²) in [6, 6.07) is 16.1. The van der Waals surface area contributed by atoms with Crippen molar-refractivity contribution >= 4 is 5.91 Å². The van der Waals surface area contributed by atoms with E-state index in [0.29, 0.717) is 6.42 Å². The van der Waals surface area contributed by atoms with Crippen LogP contribution < -0.4 is 0 Å². The van der Waals surface area contributed by atoms with Crippen molar-refractivity contribution < 1.29 is 4.79 Å². The molecule has 5 heteroatoms. The minimum Gasteiger partial charge on any atom is -0.342 e. The van der Waals surface area contributed by atoms with Crippen molar-refractivity contribution in [1.29, 1.82) is 0 Å². The lowest BCUT2D eigenvalue weighted by atomic mass is 9.93. The third-order valence-corrected chi connectivity index (χ3v) is 5.22. The average molecular weight is 360 g/mol. The van der Waals surface area contributed by atoms with Crippen molar-refractivity contribution in [3.63, 3.8) is 0 Å². The molecule has 0 radical (unpaired) electrons. The maximum Gasteiger partial charge on any atom is 0.227 e. The van der Waals surface area contributed by atoms with Gasteiger partial charge in [-0.1, -0.05) is 36.4 Å². The van der Waals surface area contributed by atoms with Crippen LogP contribution in [0, 0.1) is 6.92 Å². The summed E-state index contributed by atoms with van der Waals surface area (Å²) in [6.07, 6.45) is 6.26. The van der Waals surface area contributed by atoms with Gasteiger partial charge in [0.05, 0.1) is 6.42 Å². The van der Waals surface area contributed by atoms with Crippen LogP contribution in [0.4, 0.5) is 0 Å². The van der Waals surface area contributed by atoms with E-state index in [2.05, 4.69) is 11.1 Å². The summed E-state index contributed by atoms with van der Waals surface area (Å²) < 4.78 is 1.99. The van der Waals surface area contributed by atoms with Crippen LogP contribution in [0.5, 0.6) is 0 Å². The average Bonchev–Trinajstić information content (AvgIpc) is 3.15. The topological polar surface area (TPSA) is 51.0 Å². The molecular formula is C22H24N4O. The summed E-state index contributed by atoms with van der Waals surface area (Å²) in [5.74, 6) is 2.29. The lowest BCUT2D eigenvalue weighted by Gasteiger charge is -2.32. The summed E-state index contributed by atoms with van der Waals surface area (Å²) in [5, 5.41) is 0. The van der Waals surface area contributed by atoms with E-state index in [1.165, 1.54) is 0 Å². The van der Waals surface area contributed by atoms with E-state index in [4.69, 9.17) is 4.98 Å². The molecule has 1 aliphatic rings. The molecule has 5 nitrogen and oxygen atoms in total. The standard InChI is InChI=1S/C22H24N4O/c1-17-23-12-14-26(17)21-11-5-10-20(24-21)19-9-6-13-25(16-19)22(27)15-18-7-3-2-4-8-18/h2-5,7-8,10-12,14,19H,6,9,13,15-16H2,1H3. The summed E-state index contributed by atoms with van der Waals surface area (Å²) >= 11 is 0. The van der Waals surface area contributed by atoms with E-state index in [1.807, 2.05) is 65.1 Å². The van der Waals surface area contributed by atoms with Crippen LogP contribution in [0.25, 0.3) is 5.82 Å². The Morgan fingerprint density at radius 2 is 2.00 bits per heavy atom. The fraction of sp³-hybridized carbons (Fsp3) is 0.318. The zero-order chi connectivity index (χ0) is 18.6. The molecule has 1 saturated heterocycles. The molecule has 1 amide bonds. The summed E-state index contributed by atoms with van der Waals surface area (Å²) in [6.45, 7) is 3.55. The number of rotatable bonds is 4. The number of benzene rings is 1. The molecule has 0 aliphatic carbocycles. The van der Waals surface area contributed by atoms with Crippen molar-refractivity contribution in [1.82, 2.24) is 19.4 Å². The molecule has 3 heterocycles. The molecule has 0 spiro atoms. The van der Waals surface area contributed by atoms with Crippen molar-refractivity contribution in [2.24, 2.45) is 0 Å². The number of hydrogen-bond acceptors (Lipinski definition) is 3. The molecule has 1 aromatic carbocycles. The van der Waals surface area contributed by atoms with Gasteiger partial charge in [-0.3, -0.25) is 9.36 Å². The van der Waals surface area contributed by atoms with Crippen molar-refractivity contribution in [2.45, 2.75) is 32.1 Å². The van der Waals surface area contributed by atoms with Crippen LogP contribution in [0.3, 0.4) is 0 Å².